The van der Waals surface area contributed by atoms with Crippen LogP contribution in [0.1, 0.15) is 34.3 Å². The molecule has 3 aromatic heterocycles. The van der Waals surface area contributed by atoms with E-state index < -0.39 is 0 Å². The van der Waals surface area contributed by atoms with Crippen molar-refractivity contribution in [2.24, 2.45) is 0 Å². The van der Waals surface area contributed by atoms with Gasteiger partial charge in [0.1, 0.15) is 12.2 Å². The van der Waals surface area contributed by atoms with Crippen molar-refractivity contribution in [3.05, 3.63) is 99.4 Å². The Bertz CT molecular complexity index is 1310. The van der Waals surface area contributed by atoms with Gasteiger partial charge in [-0.05, 0) is 44.0 Å². The molecule has 0 unspecified atom stereocenters. The molecule has 0 bridgehead atoms. The van der Waals surface area contributed by atoms with E-state index in [9.17, 15) is 9.59 Å². The van der Waals surface area contributed by atoms with Crippen LogP contribution in [0.15, 0.2) is 65.6 Å². The summed E-state index contributed by atoms with van der Waals surface area (Å²) in [4.78, 5) is 36.9. The molecule has 0 fully saturated rings. The second-order valence-corrected chi connectivity index (χ2v) is 7.99. The lowest BCUT2D eigenvalue weighted by Gasteiger charge is -2.19. The molecule has 1 atom stereocenters. The van der Waals surface area contributed by atoms with Gasteiger partial charge in [-0.1, -0.05) is 36.4 Å². The fourth-order valence-corrected chi connectivity index (χ4v) is 3.70. The highest BCUT2D eigenvalue weighted by atomic mass is 16.2. The number of hydrogen-bond donors (Lipinski definition) is 2. The van der Waals surface area contributed by atoms with E-state index in [0.717, 1.165) is 22.5 Å². The summed E-state index contributed by atoms with van der Waals surface area (Å²) in [5.74, 6) is 0.235. The second-order valence-electron chi connectivity index (χ2n) is 7.99. The molecule has 0 radical (unpaired) electrons. The van der Waals surface area contributed by atoms with Crippen molar-refractivity contribution in [1.82, 2.24) is 30.0 Å². The highest BCUT2D eigenvalue weighted by Crippen LogP contribution is 2.19. The van der Waals surface area contributed by atoms with Gasteiger partial charge in [0.2, 0.25) is 5.91 Å². The number of nitrogens with zero attached hydrogens (tertiary/aromatic N) is 4. The van der Waals surface area contributed by atoms with Crippen molar-refractivity contribution in [2.45, 2.75) is 39.8 Å². The van der Waals surface area contributed by atoms with E-state index in [0.29, 0.717) is 23.6 Å². The van der Waals surface area contributed by atoms with Crippen LogP contribution in [0.2, 0.25) is 0 Å². The smallest absolute Gasteiger partial charge is 0.251 e. The Kier molecular flexibility index (Phi) is 6.44. The first kappa shape index (κ1) is 22.1. The molecule has 0 aliphatic carbocycles. The minimum absolute atomic E-state index is 0.117. The zero-order chi connectivity index (χ0) is 23.4. The van der Waals surface area contributed by atoms with Gasteiger partial charge in [-0.3, -0.25) is 19.3 Å². The Morgan fingerprint density at radius 2 is 1.85 bits per heavy atom. The van der Waals surface area contributed by atoms with Crippen LogP contribution in [0.25, 0.3) is 11.5 Å². The molecular weight excluding hydrogens is 416 g/mol. The van der Waals surface area contributed by atoms with E-state index in [2.05, 4.69) is 25.4 Å². The third-order valence-corrected chi connectivity index (χ3v) is 5.69. The normalized spacial score (nSPS) is 11.8. The summed E-state index contributed by atoms with van der Waals surface area (Å²) in [6.07, 6.45) is 2.01. The van der Waals surface area contributed by atoms with Crippen LogP contribution < -0.4 is 10.9 Å². The van der Waals surface area contributed by atoms with Crippen molar-refractivity contribution in [1.29, 1.82) is 0 Å². The highest BCUT2D eigenvalue weighted by Gasteiger charge is 2.19. The Hall–Kier alpha value is -4.07. The molecule has 1 aromatic carbocycles. The zero-order valence-electron chi connectivity index (χ0n) is 18.9. The molecule has 4 rings (SSSR count). The van der Waals surface area contributed by atoms with Crippen LogP contribution in [0.4, 0.5) is 0 Å². The third-order valence-electron chi connectivity index (χ3n) is 5.69. The number of aryl methyl sites for hydroxylation is 1. The molecule has 0 aliphatic rings. The number of pyridine rings is 1. The SMILES string of the molecule is Cc1nn(CC(=O)N[C@H](Cc2cc(=O)[nH]c(-c3ccccn3)n2)c2ccccc2)c(C)c1C. The molecule has 3 heterocycles. The van der Waals surface area contributed by atoms with E-state index in [1.807, 2.05) is 57.2 Å². The molecule has 0 spiro atoms. The van der Waals surface area contributed by atoms with Gasteiger partial charge in [0.15, 0.2) is 5.82 Å². The molecule has 8 nitrogen and oxygen atoms in total. The zero-order valence-corrected chi connectivity index (χ0v) is 18.9. The first-order valence-electron chi connectivity index (χ1n) is 10.8. The topological polar surface area (TPSA) is 106 Å². The Balaban J connectivity index is 1.59. The molecule has 2 N–H and O–H groups in total. The van der Waals surface area contributed by atoms with Crippen molar-refractivity contribution in [2.75, 3.05) is 0 Å². The number of amides is 1. The Morgan fingerprint density at radius 3 is 2.52 bits per heavy atom. The Morgan fingerprint density at radius 1 is 1.09 bits per heavy atom. The lowest BCUT2D eigenvalue weighted by Crippen LogP contribution is -2.33. The number of aromatic nitrogens is 5. The molecule has 0 saturated heterocycles. The maximum atomic E-state index is 12.9. The van der Waals surface area contributed by atoms with E-state index in [1.165, 1.54) is 6.07 Å². The van der Waals surface area contributed by atoms with Crippen LogP contribution in [0.3, 0.4) is 0 Å². The summed E-state index contributed by atoms with van der Waals surface area (Å²) in [5.41, 5.74) is 4.77. The fourth-order valence-electron chi connectivity index (χ4n) is 3.70. The Labute approximate surface area is 191 Å². The van der Waals surface area contributed by atoms with Crippen LogP contribution in [-0.4, -0.2) is 30.6 Å². The van der Waals surface area contributed by atoms with Gasteiger partial charge in [0.25, 0.3) is 5.56 Å². The first-order valence-corrected chi connectivity index (χ1v) is 10.8. The summed E-state index contributed by atoms with van der Waals surface area (Å²) >= 11 is 0. The standard InChI is InChI=1S/C25H26N6O2/c1-16-17(2)30-31(18(16)3)15-24(33)28-22(19-9-5-4-6-10-19)13-20-14-23(32)29-25(27-20)21-11-7-8-12-26-21/h4-12,14,22H,13,15H2,1-3H3,(H,28,33)(H,27,29,32)/t22-/m1/s1. The van der Waals surface area contributed by atoms with Crippen LogP contribution in [0.5, 0.6) is 0 Å². The molecule has 8 heteroatoms. The minimum Gasteiger partial charge on any atom is -0.347 e. The third kappa shape index (κ3) is 5.23. The second kappa shape index (κ2) is 9.60. The quantitative estimate of drug-likeness (QED) is 0.458. The van der Waals surface area contributed by atoms with Crippen LogP contribution >= 0.6 is 0 Å². The number of H-pyrrole nitrogens is 1. The number of carbonyl (C=O) groups excluding carboxylic acids is 1. The monoisotopic (exact) mass is 442 g/mol. The summed E-state index contributed by atoms with van der Waals surface area (Å²) in [5, 5.41) is 7.56. The largest absolute Gasteiger partial charge is 0.347 e. The van der Waals surface area contributed by atoms with Crippen molar-refractivity contribution in [3.8, 4) is 11.5 Å². The fraction of sp³-hybridized carbons (Fsp3) is 0.240. The van der Waals surface area contributed by atoms with E-state index >= 15 is 0 Å². The first-order chi connectivity index (χ1) is 15.9. The summed E-state index contributed by atoms with van der Waals surface area (Å²) in [7, 11) is 0. The molecule has 0 aliphatic heterocycles. The summed E-state index contributed by atoms with van der Waals surface area (Å²) in [6.45, 7) is 6.00. The van der Waals surface area contributed by atoms with Gasteiger partial charge < -0.3 is 10.3 Å². The van der Waals surface area contributed by atoms with Gasteiger partial charge in [-0.25, -0.2) is 4.98 Å². The summed E-state index contributed by atoms with van der Waals surface area (Å²) in [6, 6.07) is 16.2. The highest BCUT2D eigenvalue weighted by molar-refractivity contribution is 5.76. The summed E-state index contributed by atoms with van der Waals surface area (Å²) < 4.78 is 1.71. The minimum atomic E-state index is -0.359. The number of aromatic amines is 1. The number of nitrogens with one attached hydrogen (secondary N) is 2. The van der Waals surface area contributed by atoms with Gasteiger partial charge in [-0.15, -0.1) is 0 Å². The van der Waals surface area contributed by atoms with Crippen molar-refractivity contribution < 1.29 is 4.79 Å². The average Bonchev–Trinajstić information content (AvgIpc) is 3.05. The van der Waals surface area contributed by atoms with Gasteiger partial charge in [0, 0.05) is 24.4 Å². The number of rotatable bonds is 7. The molecule has 168 valence electrons. The maximum absolute atomic E-state index is 12.9. The van der Waals surface area contributed by atoms with Crippen LogP contribution in [0, 0.1) is 20.8 Å². The molecule has 1 amide bonds. The molecular formula is C25H26N6O2. The average molecular weight is 443 g/mol. The van der Waals surface area contributed by atoms with E-state index in [-0.39, 0.29) is 24.1 Å². The van der Waals surface area contributed by atoms with Crippen molar-refractivity contribution >= 4 is 5.91 Å². The lowest BCUT2D eigenvalue weighted by atomic mass is 10.0. The lowest BCUT2D eigenvalue weighted by molar-refractivity contribution is -0.122. The molecule has 33 heavy (non-hydrogen) atoms. The van der Waals surface area contributed by atoms with E-state index in [4.69, 9.17) is 0 Å². The van der Waals surface area contributed by atoms with Gasteiger partial charge in [-0.2, -0.15) is 5.10 Å². The number of carbonyl (C=O) groups is 1. The van der Waals surface area contributed by atoms with Crippen LogP contribution in [-0.2, 0) is 17.8 Å². The molecule has 0 saturated carbocycles. The number of hydrogen-bond acceptors (Lipinski definition) is 5. The number of benzene rings is 1. The van der Waals surface area contributed by atoms with E-state index in [1.54, 1.807) is 23.0 Å². The van der Waals surface area contributed by atoms with Crippen molar-refractivity contribution in [3.63, 3.8) is 0 Å². The van der Waals surface area contributed by atoms with Gasteiger partial charge >= 0.3 is 0 Å². The predicted octanol–water partition coefficient (Wildman–Crippen LogP) is 3.05. The molecule has 4 aromatic rings. The maximum Gasteiger partial charge on any atom is 0.251 e. The predicted molar refractivity (Wildman–Crippen MR) is 126 cm³/mol. The van der Waals surface area contributed by atoms with Gasteiger partial charge in [0.05, 0.1) is 17.4 Å².